The van der Waals surface area contributed by atoms with E-state index >= 15 is 0 Å². The number of amides is 1. The van der Waals surface area contributed by atoms with E-state index in [9.17, 15) is 4.79 Å². The van der Waals surface area contributed by atoms with Crippen LogP contribution in [-0.4, -0.2) is 23.0 Å². The molecule has 0 atom stereocenters. The maximum absolute atomic E-state index is 11.5. The van der Waals surface area contributed by atoms with E-state index in [2.05, 4.69) is 4.98 Å². The molecule has 0 saturated carbocycles. The first-order valence-electron chi connectivity index (χ1n) is 5.98. The molecule has 5 heteroatoms. The van der Waals surface area contributed by atoms with Crippen molar-refractivity contribution in [2.24, 2.45) is 11.5 Å². The van der Waals surface area contributed by atoms with Crippen LogP contribution in [0.2, 0.25) is 0 Å². The quantitative estimate of drug-likeness (QED) is 0.869. The van der Waals surface area contributed by atoms with Crippen LogP contribution in [0.1, 0.15) is 24.2 Å². The molecular formula is C14H17N3O2. The number of fused-ring (bicyclic) bond motifs is 1. The van der Waals surface area contributed by atoms with Gasteiger partial charge in [0.2, 0.25) is 0 Å². The van der Waals surface area contributed by atoms with Gasteiger partial charge in [-0.25, -0.2) is 0 Å². The van der Waals surface area contributed by atoms with Crippen molar-refractivity contribution in [1.82, 2.24) is 4.98 Å². The molecule has 0 fully saturated rings. The lowest BCUT2D eigenvalue weighted by molar-refractivity contribution is 0.0995. The number of nitrogens with two attached hydrogens (primary N) is 2. The number of ether oxygens (including phenoxy) is 1. The Kier molecular flexibility index (Phi) is 3.40. The molecule has 0 unspecified atom stereocenters. The topological polar surface area (TPSA) is 91.2 Å². The summed E-state index contributed by atoms with van der Waals surface area (Å²) in [5.41, 5.74) is 11.8. The van der Waals surface area contributed by atoms with E-state index in [-0.39, 0.29) is 12.2 Å². The van der Waals surface area contributed by atoms with E-state index in [0.717, 1.165) is 10.9 Å². The minimum atomic E-state index is -0.567. The number of carbonyl (C=O) groups is 1. The van der Waals surface area contributed by atoms with Gasteiger partial charge in [0.15, 0.2) is 0 Å². The van der Waals surface area contributed by atoms with Crippen LogP contribution in [-0.2, 0) is 0 Å². The molecule has 1 aromatic heterocycles. The molecule has 0 bridgehead atoms. The number of primary amides is 1. The summed E-state index contributed by atoms with van der Waals surface area (Å²) in [7, 11) is 0. The summed E-state index contributed by atoms with van der Waals surface area (Å²) < 4.78 is 5.71. The number of benzene rings is 1. The Bertz CT molecular complexity index is 618. The molecule has 0 aliphatic carbocycles. The summed E-state index contributed by atoms with van der Waals surface area (Å²) in [6, 6.07) is 7.42. The SMILES string of the molecule is CC(C)(N)COc1c(C(N)=O)cnc2ccccc12. The van der Waals surface area contributed by atoms with Crippen molar-refractivity contribution < 1.29 is 9.53 Å². The lowest BCUT2D eigenvalue weighted by atomic mass is 10.1. The van der Waals surface area contributed by atoms with Gasteiger partial charge in [-0.3, -0.25) is 9.78 Å². The van der Waals surface area contributed by atoms with Gasteiger partial charge in [0, 0.05) is 17.1 Å². The highest BCUT2D eigenvalue weighted by Gasteiger charge is 2.18. The van der Waals surface area contributed by atoms with Crippen molar-refractivity contribution in [3.05, 3.63) is 36.0 Å². The second kappa shape index (κ2) is 4.85. The molecule has 100 valence electrons. The molecule has 4 N–H and O–H groups in total. The van der Waals surface area contributed by atoms with Gasteiger partial charge in [0.1, 0.15) is 17.9 Å². The smallest absolute Gasteiger partial charge is 0.254 e. The predicted octanol–water partition coefficient (Wildman–Crippen LogP) is 1.45. The summed E-state index contributed by atoms with van der Waals surface area (Å²) in [6.45, 7) is 3.97. The number of hydrogen-bond donors (Lipinski definition) is 2. The van der Waals surface area contributed by atoms with E-state index < -0.39 is 11.4 Å². The molecule has 2 rings (SSSR count). The summed E-state index contributed by atoms with van der Waals surface area (Å²) in [4.78, 5) is 15.7. The first-order valence-corrected chi connectivity index (χ1v) is 5.98. The molecule has 1 heterocycles. The normalized spacial score (nSPS) is 11.5. The third-order valence-corrected chi connectivity index (χ3v) is 2.58. The minimum absolute atomic E-state index is 0.267. The fourth-order valence-electron chi connectivity index (χ4n) is 1.71. The zero-order valence-electron chi connectivity index (χ0n) is 11.0. The fourth-order valence-corrected chi connectivity index (χ4v) is 1.71. The van der Waals surface area contributed by atoms with Crippen molar-refractivity contribution in [3.63, 3.8) is 0 Å². The Morgan fingerprint density at radius 2 is 2.05 bits per heavy atom. The van der Waals surface area contributed by atoms with E-state index in [0.29, 0.717) is 5.75 Å². The number of nitrogens with zero attached hydrogens (tertiary/aromatic N) is 1. The Balaban J connectivity index is 2.53. The Morgan fingerprint density at radius 1 is 1.37 bits per heavy atom. The standard InChI is InChI=1S/C14H17N3O2/c1-14(2,16)8-19-12-9-5-3-4-6-11(9)17-7-10(12)13(15)18/h3-7H,8,16H2,1-2H3,(H2,15,18). The number of rotatable bonds is 4. The fraction of sp³-hybridized carbons (Fsp3) is 0.286. The monoisotopic (exact) mass is 259 g/mol. The van der Waals surface area contributed by atoms with Crippen LogP contribution in [0.5, 0.6) is 5.75 Å². The van der Waals surface area contributed by atoms with Crippen molar-refractivity contribution in [2.75, 3.05) is 6.61 Å². The molecule has 0 radical (unpaired) electrons. The Labute approximate surface area is 111 Å². The summed E-state index contributed by atoms with van der Waals surface area (Å²) >= 11 is 0. The molecular weight excluding hydrogens is 242 g/mol. The highest BCUT2D eigenvalue weighted by atomic mass is 16.5. The number of para-hydroxylation sites is 1. The van der Waals surface area contributed by atoms with Crippen LogP contribution in [0.25, 0.3) is 10.9 Å². The first-order chi connectivity index (χ1) is 8.88. The third kappa shape index (κ3) is 3.00. The van der Waals surface area contributed by atoms with Crippen LogP contribution < -0.4 is 16.2 Å². The first kappa shape index (κ1) is 13.3. The Morgan fingerprint density at radius 3 is 2.68 bits per heavy atom. The number of hydrogen-bond acceptors (Lipinski definition) is 4. The van der Waals surface area contributed by atoms with Gasteiger partial charge in [-0.2, -0.15) is 0 Å². The second-order valence-corrected chi connectivity index (χ2v) is 5.16. The summed E-state index contributed by atoms with van der Waals surface area (Å²) in [6.07, 6.45) is 1.43. The molecule has 0 saturated heterocycles. The lowest BCUT2D eigenvalue weighted by Gasteiger charge is -2.20. The molecule has 0 aliphatic heterocycles. The Hall–Kier alpha value is -2.14. The van der Waals surface area contributed by atoms with Gasteiger partial charge in [-0.15, -0.1) is 0 Å². The van der Waals surface area contributed by atoms with Gasteiger partial charge in [-0.05, 0) is 26.0 Å². The van der Waals surface area contributed by atoms with E-state index in [1.807, 2.05) is 38.1 Å². The molecule has 2 aromatic rings. The number of carbonyl (C=O) groups excluding carboxylic acids is 1. The lowest BCUT2D eigenvalue weighted by Crippen LogP contribution is -2.39. The minimum Gasteiger partial charge on any atom is -0.490 e. The molecule has 5 nitrogen and oxygen atoms in total. The van der Waals surface area contributed by atoms with Crippen molar-refractivity contribution in [1.29, 1.82) is 0 Å². The molecule has 1 aromatic carbocycles. The van der Waals surface area contributed by atoms with E-state index in [1.54, 1.807) is 0 Å². The van der Waals surface area contributed by atoms with Gasteiger partial charge < -0.3 is 16.2 Å². The highest BCUT2D eigenvalue weighted by molar-refractivity contribution is 6.01. The maximum atomic E-state index is 11.5. The third-order valence-electron chi connectivity index (χ3n) is 2.58. The largest absolute Gasteiger partial charge is 0.490 e. The molecule has 19 heavy (non-hydrogen) atoms. The molecule has 0 aliphatic rings. The maximum Gasteiger partial charge on any atom is 0.254 e. The van der Waals surface area contributed by atoms with E-state index in [1.165, 1.54) is 6.20 Å². The van der Waals surface area contributed by atoms with Crippen LogP contribution in [0.15, 0.2) is 30.5 Å². The second-order valence-electron chi connectivity index (χ2n) is 5.16. The van der Waals surface area contributed by atoms with Crippen LogP contribution >= 0.6 is 0 Å². The highest BCUT2D eigenvalue weighted by Crippen LogP contribution is 2.28. The van der Waals surface area contributed by atoms with Crippen LogP contribution in [0.3, 0.4) is 0 Å². The van der Waals surface area contributed by atoms with Crippen LogP contribution in [0, 0.1) is 0 Å². The molecule has 0 spiro atoms. The van der Waals surface area contributed by atoms with Crippen LogP contribution in [0.4, 0.5) is 0 Å². The van der Waals surface area contributed by atoms with Crippen molar-refractivity contribution in [3.8, 4) is 5.75 Å². The summed E-state index contributed by atoms with van der Waals surface area (Å²) in [5, 5.41) is 0.753. The van der Waals surface area contributed by atoms with Gasteiger partial charge in [0.05, 0.1) is 5.52 Å². The van der Waals surface area contributed by atoms with Crippen molar-refractivity contribution in [2.45, 2.75) is 19.4 Å². The molecule has 1 amide bonds. The number of aromatic nitrogens is 1. The average molecular weight is 259 g/mol. The van der Waals surface area contributed by atoms with Gasteiger partial charge in [-0.1, -0.05) is 12.1 Å². The predicted molar refractivity (Wildman–Crippen MR) is 74.0 cm³/mol. The number of pyridine rings is 1. The van der Waals surface area contributed by atoms with Crippen molar-refractivity contribution >= 4 is 16.8 Å². The van der Waals surface area contributed by atoms with Gasteiger partial charge in [0.25, 0.3) is 5.91 Å². The van der Waals surface area contributed by atoms with E-state index in [4.69, 9.17) is 16.2 Å². The zero-order valence-corrected chi connectivity index (χ0v) is 11.0. The zero-order chi connectivity index (χ0) is 14.0. The van der Waals surface area contributed by atoms with Gasteiger partial charge >= 0.3 is 0 Å². The average Bonchev–Trinajstić information content (AvgIpc) is 2.34. The summed E-state index contributed by atoms with van der Waals surface area (Å²) in [5.74, 6) is -0.125.